The zero-order valence-electron chi connectivity index (χ0n) is 18.0. The van der Waals surface area contributed by atoms with Gasteiger partial charge in [0, 0.05) is 6.54 Å². The van der Waals surface area contributed by atoms with Crippen molar-refractivity contribution in [1.82, 2.24) is 5.32 Å². The Morgan fingerprint density at radius 2 is 1.58 bits per heavy atom. The van der Waals surface area contributed by atoms with Crippen LogP contribution in [0.2, 0.25) is 0 Å². The molecule has 7 nitrogen and oxygen atoms in total. The fourth-order valence-corrected chi connectivity index (χ4v) is 2.88. The van der Waals surface area contributed by atoms with Gasteiger partial charge in [0.25, 0.3) is 5.91 Å². The molecule has 0 bridgehead atoms. The lowest BCUT2D eigenvalue weighted by atomic mass is 10.2. The van der Waals surface area contributed by atoms with E-state index < -0.39 is 0 Å². The van der Waals surface area contributed by atoms with Crippen molar-refractivity contribution in [2.75, 3.05) is 20.3 Å². The number of carbonyl (C=O) groups excluding carboxylic acids is 1. The molecular formula is C24H27NO6. The van der Waals surface area contributed by atoms with Crippen molar-refractivity contribution < 1.29 is 28.2 Å². The van der Waals surface area contributed by atoms with Gasteiger partial charge in [0.15, 0.2) is 17.3 Å². The zero-order valence-corrected chi connectivity index (χ0v) is 18.0. The number of furan rings is 1. The Hall–Kier alpha value is -3.61. The highest BCUT2D eigenvalue weighted by Gasteiger charge is 2.13. The summed E-state index contributed by atoms with van der Waals surface area (Å²) in [4.78, 5) is 12.4. The Labute approximate surface area is 181 Å². The second kappa shape index (κ2) is 11.0. The summed E-state index contributed by atoms with van der Waals surface area (Å²) in [5.41, 5.74) is 0.898. The quantitative estimate of drug-likeness (QED) is 0.484. The maximum absolute atomic E-state index is 12.4. The van der Waals surface area contributed by atoms with E-state index in [2.05, 4.69) is 5.32 Å². The molecule has 164 valence electrons. The average molecular weight is 425 g/mol. The molecule has 0 unspecified atom stereocenters. The molecule has 7 heteroatoms. The molecule has 0 spiro atoms. The Bertz CT molecular complexity index is 980. The standard InChI is InChI=1S/C24H27NO6/c1-4-28-21-12-6-17(14-23(21)29-5-2)15-25-24(26)22-13-11-20(31-22)16-30-19-9-7-18(27-3)8-10-19/h6-14H,4-5,15-16H2,1-3H3,(H,25,26). The van der Waals surface area contributed by atoms with Gasteiger partial charge in [-0.2, -0.15) is 0 Å². The second-order valence-corrected chi connectivity index (χ2v) is 6.56. The largest absolute Gasteiger partial charge is 0.497 e. The minimum Gasteiger partial charge on any atom is -0.497 e. The van der Waals surface area contributed by atoms with Gasteiger partial charge in [-0.15, -0.1) is 0 Å². The molecule has 0 fully saturated rings. The van der Waals surface area contributed by atoms with Gasteiger partial charge in [0.2, 0.25) is 0 Å². The van der Waals surface area contributed by atoms with Crippen LogP contribution in [0.1, 0.15) is 35.7 Å². The van der Waals surface area contributed by atoms with Crippen LogP contribution in [0.15, 0.2) is 59.0 Å². The van der Waals surface area contributed by atoms with E-state index in [4.69, 9.17) is 23.4 Å². The van der Waals surface area contributed by atoms with Gasteiger partial charge >= 0.3 is 0 Å². The minimum absolute atomic E-state index is 0.218. The van der Waals surface area contributed by atoms with Crippen molar-refractivity contribution >= 4 is 5.91 Å². The van der Waals surface area contributed by atoms with Crippen LogP contribution in [0, 0.1) is 0 Å². The third-order valence-electron chi connectivity index (χ3n) is 4.39. The van der Waals surface area contributed by atoms with Crippen LogP contribution in [0.3, 0.4) is 0 Å². The zero-order chi connectivity index (χ0) is 22.1. The van der Waals surface area contributed by atoms with E-state index in [9.17, 15) is 4.79 Å². The maximum Gasteiger partial charge on any atom is 0.287 e. The van der Waals surface area contributed by atoms with Crippen LogP contribution >= 0.6 is 0 Å². The van der Waals surface area contributed by atoms with Crippen LogP contribution in [0.25, 0.3) is 0 Å². The van der Waals surface area contributed by atoms with Crippen molar-refractivity contribution in [2.24, 2.45) is 0 Å². The average Bonchev–Trinajstić information content (AvgIpc) is 3.27. The molecule has 31 heavy (non-hydrogen) atoms. The van der Waals surface area contributed by atoms with Crippen LogP contribution in [0.4, 0.5) is 0 Å². The highest BCUT2D eigenvalue weighted by Crippen LogP contribution is 2.28. The predicted octanol–water partition coefficient (Wildman–Crippen LogP) is 4.59. The molecule has 3 aromatic rings. The van der Waals surface area contributed by atoms with Crippen molar-refractivity contribution in [3.05, 3.63) is 71.7 Å². The first-order chi connectivity index (χ1) is 15.1. The lowest BCUT2D eigenvalue weighted by Gasteiger charge is -2.12. The smallest absolute Gasteiger partial charge is 0.287 e. The third-order valence-corrected chi connectivity index (χ3v) is 4.39. The van der Waals surface area contributed by atoms with E-state index in [1.807, 2.05) is 56.3 Å². The van der Waals surface area contributed by atoms with Crippen LogP contribution in [0.5, 0.6) is 23.0 Å². The molecule has 1 N–H and O–H groups in total. The second-order valence-electron chi connectivity index (χ2n) is 6.56. The summed E-state index contributed by atoms with van der Waals surface area (Å²) in [7, 11) is 1.61. The Kier molecular flexibility index (Phi) is 7.81. The number of benzene rings is 2. The fourth-order valence-electron chi connectivity index (χ4n) is 2.88. The molecule has 1 aromatic heterocycles. The molecule has 1 amide bonds. The van der Waals surface area contributed by atoms with Crippen LogP contribution in [-0.4, -0.2) is 26.2 Å². The Morgan fingerprint density at radius 1 is 0.871 bits per heavy atom. The van der Waals surface area contributed by atoms with E-state index in [1.165, 1.54) is 0 Å². The summed E-state index contributed by atoms with van der Waals surface area (Å²) in [5, 5.41) is 2.85. The fraction of sp³-hybridized carbons (Fsp3) is 0.292. The first kappa shape index (κ1) is 22.1. The molecule has 0 aliphatic rings. The lowest BCUT2D eigenvalue weighted by Crippen LogP contribution is -2.22. The number of amides is 1. The minimum atomic E-state index is -0.303. The van der Waals surface area contributed by atoms with Gasteiger partial charge < -0.3 is 28.7 Å². The monoisotopic (exact) mass is 425 g/mol. The number of rotatable bonds is 11. The number of ether oxygens (including phenoxy) is 4. The summed E-state index contributed by atoms with van der Waals surface area (Å²) in [6, 6.07) is 16.2. The van der Waals surface area contributed by atoms with Gasteiger partial charge in [0.1, 0.15) is 23.9 Å². The topological polar surface area (TPSA) is 79.2 Å². The highest BCUT2D eigenvalue weighted by atomic mass is 16.5. The number of hydrogen-bond donors (Lipinski definition) is 1. The highest BCUT2D eigenvalue weighted by molar-refractivity contribution is 5.91. The lowest BCUT2D eigenvalue weighted by molar-refractivity contribution is 0.0919. The molecule has 0 aliphatic heterocycles. The SMILES string of the molecule is CCOc1ccc(CNC(=O)c2ccc(COc3ccc(OC)cc3)o2)cc1OCC. The summed E-state index contributed by atoms with van der Waals surface area (Å²) in [5.74, 6) is 3.26. The maximum atomic E-state index is 12.4. The van der Waals surface area contributed by atoms with Gasteiger partial charge in [-0.1, -0.05) is 6.07 Å². The third kappa shape index (κ3) is 6.18. The van der Waals surface area contributed by atoms with Crippen LogP contribution in [-0.2, 0) is 13.2 Å². The van der Waals surface area contributed by atoms with Crippen molar-refractivity contribution in [3.63, 3.8) is 0 Å². The van der Waals surface area contributed by atoms with Crippen molar-refractivity contribution in [3.8, 4) is 23.0 Å². The van der Waals surface area contributed by atoms with Gasteiger partial charge in [-0.05, 0) is 67.9 Å². The number of nitrogens with one attached hydrogen (secondary N) is 1. The molecule has 0 saturated carbocycles. The summed E-state index contributed by atoms with van der Waals surface area (Å²) in [6.07, 6.45) is 0. The number of carbonyl (C=O) groups is 1. The molecule has 0 saturated heterocycles. The van der Waals surface area contributed by atoms with Crippen molar-refractivity contribution in [2.45, 2.75) is 27.0 Å². The van der Waals surface area contributed by atoms with Gasteiger partial charge in [-0.3, -0.25) is 4.79 Å². The molecule has 2 aromatic carbocycles. The van der Waals surface area contributed by atoms with E-state index in [0.29, 0.717) is 42.8 Å². The first-order valence-electron chi connectivity index (χ1n) is 10.1. The molecule has 0 aliphatic carbocycles. The van der Waals surface area contributed by atoms with Crippen LogP contribution < -0.4 is 24.3 Å². The van der Waals surface area contributed by atoms with E-state index in [0.717, 1.165) is 11.3 Å². The first-order valence-corrected chi connectivity index (χ1v) is 10.1. The molecule has 0 radical (unpaired) electrons. The van der Waals surface area contributed by atoms with E-state index in [1.54, 1.807) is 19.2 Å². The Balaban J connectivity index is 1.54. The van der Waals surface area contributed by atoms with E-state index >= 15 is 0 Å². The number of hydrogen-bond acceptors (Lipinski definition) is 6. The van der Waals surface area contributed by atoms with Crippen molar-refractivity contribution in [1.29, 1.82) is 0 Å². The van der Waals surface area contributed by atoms with Gasteiger partial charge in [0.05, 0.1) is 20.3 Å². The molecular weight excluding hydrogens is 398 g/mol. The molecule has 3 rings (SSSR count). The molecule has 1 heterocycles. The summed E-state index contributed by atoms with van der Waals surface area (Å²) < 4.78 is 27.6. The van der Waals surface area contributed by atoms with E-state index in [-0.39, 0.29) is 18.3 Å². The normalized spacial score (nSPS) is 10.4. The molecule has 0 atom stereocenters. The van der Waals surface area contributed by atoms with Gasteiger partial charge in [-0.25, -0.2) is 0 Å². The number of methoxy groups -OCH3 is 1. The summed E-state index contributed by atoms with van der Waals surface area (Å²) in [6.45, 7) is 5.48. The predicted molar refractivity (Wildman–Crippen MR) is 116 cm³/mol. The summed E-state index contributed by atoms with van der Waals surface area (Å²) >= 11 is 0. The Morgan fingerprint density at radius 3 is 2.29 bits per heavy atom.